The molecule has 2 N–H and O–H groups in total. The van der Waals surface area contributed by atoms with Gasteiger partial charge in [0.05, 0.1) is 0 Å². The first-order chi connectivity index (χ1) is 8.74. The molecule has 18 heavy (non-hydrogen) atoms. The smallest absolute Gasteiger partial charge is 0.117 e. The van der Waals surface area contributed by atoms with Gasteiger partial charge in [0, 0.05) is 23.0 Å². The second kappa shape index (κ2) is 5.23. The van der Waals surface area contributed by atoms with Gasteiger partial charge in [0.15, 0.2) is 0 Å². The van der Waals surface area contributed by atoms with E-state index in [0.29, 0.717) is 0 Å². The molecule has 0 unspecified atom stereocenters. The van der Waals surface area contributed by atoms with E-state index >= 15 is 0 Å². The number of hydrogen-bond acceptors (Lipinski definition) is 2. The van der Waals surface area contributed by atoms with Crippen LogP contribution in [0.3, 0.4) is 0 Å². The van der Waals surface area contributed by atoms with E-state index in [4.69, 9.17) is 0 Å². The van der Waals surface area contributed by atoms with E-state index in [-0.39, 0.29) is 5.75 Å². The summed E-state index contributed by atoms with van der Waals surface area (Å²) in [6.45, 7) is 7.61. The quantitative estimate of drug-likeness (QED) is 0.824. The topological polar surface area (TPSA) is 32.3 Å². The highest BCUT2D eigenvalue weighted by atomic mass is 16.3. The van der Waals surface area contributed by atoms with Crippen LogP contribution in [0.5, 0.6) is 5.75 Å². The van der Waals surface area contributed by atoms with E-state index in [1.807, 2.05) is 24.3 Å². The second-order valence-electron chi connectivity index (χ2n) is 3.89. The van der Waals surface area contributed by atoms with Gasteiger partial charge in [-0.1, -0.05) is 43.5 Å². The van der Waals surface area contributed by atoms with Crippen LogP contribution in [-0.4, -0.2) is 5.11 Å². The lowest BCUT2D eigenvalue weighted by Gasteiger charge is -2.12. The summed E-state index contributed by atoms with van der Waals surface area (Å²) in [6, 6.07) is 12.9. The van der Waals surface area contributed by atoms with Gasteiger partial charge in [-0.2, -0.15) is 0 Å². The number of rotatable bonds is 4. The van der Waals surface area contributed by atoms with Crippen molar-refractivity contribution in [2.45, 2.75) is 0 Å². The van der Waals surface area contributed by atoms with Crippen LogP contribution < -0.4 is 5.32 Å². The molecule has 2 heteroatoms. The summed E-state index contributed by atoms with van der Waals surface area (Å²) in [6.07, 6.45) is 3.59. The Balaban J connectivity index is 2.40. The first kappa shape index (κ1) is 12.0. The molecule has 0 atom stereocenters. The number of phenolic OH excluding ortho intramolecular Hbond substituents is 1. The molecule has 0 spiro atoms. The van der Waals surface area contributed by atoms with E-state index in [9.17, 15) is 5.11 Å². The molecule has 0 bridgehead atoms. The summed E-state index contributed by atoms with van der Waals surface area (Å²) in [7, 11) is 0. The van der Waals surface area contributed by atoms with Gasteiger partial charge >= 0.3 is 0 Å². The first-order valence-electron chi connectivity index (χ1n) is 5.68. The van der Waals surface area contributed by atoms with Gasteiger partial charge in [0.1, 0.15) is 5.75 Å². The highest BCUT2D eigenvalue weighted by molar-refractivity contribution is 5.78. The van der Waals surface area contributed by atoms with Gasteiger partial charge in [0.25, 0.3) is 0 Å². The lowest BCUT2D eigenvalue weighted by molar-refractivity contribution is 0.475. The Labute approximate surface area is 107 Å². The van der Waals surface area contributed by atoms with Crippen molar-refractivity contribution in [2.24, 2.45) is 0 Å². The normalized spacial score (nSPS) is 9.78. The number of phenols is 1. The third-order valence-corrected chi connectivity index (χ3v) is 2.69. The Morgan fingerprint density at radius 2 is 1.78 bits per heavy atom. The molecule has 0 radical (unpaired) electrons. The first-order valence-corrected chi connectivity index (χ1v) is 5.68. The molecule has 0 aromatic heterocycles. The maximum Gasteiger partial charge on any atom is 0.117 e. The van der Waals surface area contributed by atoms with Crippen molar-refractivity contribution < 1.29 is 5.11 Å². The summed E-state index contributed by atoms with van der Waals surface area (Å²) >= 11 is 0. The van der Waals surface area contributed by atoms with E-state index in [1.165, 1.54) is 0 Å². The zero-order valence-corrected chi connectivity index (χ0v) is 10.1. The van der Waals surface area contributed by atoms with Gasteiger partial charge in [-0.05, 0) is 23.8 Å². The number of anilines is 2. The van der Waals surface area contributed by atoms with Crippen LogP contribution in [-0.2, 0) is 0 Å². The van der Waals surface area contributed by atoms with E-state index < -0.39 is 0 Å². The van der Waals surface area contributed by atoms with Crippen molar-refractivity contribution in [3.63, 3.8) is 0 Å². The predicted molar refractivity (Wildman–Crippen MR) is 78.0 cm³/mol. The third kappa shape index (κ3) is 2.43. The van der Waals surface area contributed by atoms with Crippen molar-refractivity contribution in [1.82, 2.24) is 0 Å². The Morgan fingerprint density at radius 3 is 2.44 bits per heavy atom. The predicted octanol–water partition coefficient (Wildman–Crippen LogP) is 4.42. The molecule has 0 saturated heterocycles. The van der Waals surface area contributed by atoms with Crippen molar-refractivity contribution in [3.05, 3.63) is 66.7 Å². The largest absolute Gasteiger partial charge is 0.508 e. The molecule has 2 aromatic rings. The van der Waals surface area contributed by atoms with Crippen LogP contribution >= 0.6 is 0 Å². The summed E-state index contributed by atoms with van der Waals surface area (Å²) in [5.74, 6) is 0.236. The number of aromatic hydroxyl groups is 1. The van der Waals surface area contributed by atoms with Gasteiger partial charge in [-0.3, -0.25) is 0 Å². The summed E-state index contributed by atoms with van der Waals surface area (Å²) in [5.41, 5.74) is 3.79. The summed E-state index contributed by atoms with van der Waals surface area (Å²) < 4.78 is 0. The van der Waals surface area contributed by atoms with Crippen LogP contribution in [0.2, 0.25) is 0 Å². The molecule has 0 saturated carbocycles. The van der Waals surface area contributed by atoms with E-state index in [1.54, 1.807) is 30.4 Å². The maximum absolute atomic E-state index is 9.44. The molecule has 90 valence electrons. The van der Waals surface area contributed by atoms with Crippen LogP contribution in [0, 0.1) is 0 Å². The van der Waals surface area contributed by atoms with Crippen molar-refractivity contribution in [3.8, 4) is 5.75 Å². The molecule has 0 aliphatic carbocycles. The molecule has 0 fully saturated rings. The molecule has 0 amide bonds. The highest BCUT2D eigenvalue weighted by Crippen LogP contribution is 2.27. The Morgan fingerprint density at radius 1 is 1.00 bits per heavy atom. The Bertz CT molecular complexity index is 587. The molecular weight excluding hydrogens is 222 g/mol. The fourth-order valence-corrected chi connectivity index (χ4v) is 1.84. The van der Waals surface area contributed by atoms with Crippen LogP contribution in [0.25, 0.3) is 12.2 Å². The molecule has 2 aromatic carbocycles. The monoisotopic (exact) mass is 237 g/mol. The fraction of sp³-hybridized carbons (Fsp3) is 0. The van der Waals surface area contributed by atoms with Crippen LogP contribution in [0.1, 0.15) is 11.1 Å². The van der Waals surface area contributed by atoms with Gasteiger partial charge in [-0.15, -0.1) is 0 Å². The summed E-state index contributed by atoms with van der Waals surface area (Å²) in [4.78, 5) is 0. The number of benzene rings is 2. The SMILES string of the molecule is C=Cc1cccc(Nc2cccc(O)c2)c1C=C. The van der Waals surface area contributed by atoms with Crippen molar-refractivity contribution in [1.29, 1.82) is 0 Å². The molecule has 0 aliphatic heterocycles. The summed E-state index contributed by atoms with van der Waals surface area (Å²) in [5, 5.41) is 12.7. The molecular formula is C16H15NO. The fourth-order valence-electron chi connectivity index (χ4n) is 1.84. The third-order valence-electron chi connectivity index (χ3n) is 2.69. The Kier molecular flexibility index (Phi) is 3.49. The zero-order chi connectivity index (χ0) is 13.0. The molecule has 2 nitrogen and oxygen atoms in total. The highest BCUT2D eigenvalue weighted by Gasteiger charge is 2.03. The molecule has 0 aliphatic rings. The van der Waals surface area contributed by atoms with E-state index in [0.717, 1.165) is 22.5 Å². The minimum Gasteiger partial charge on any atom is -0.508 e. The minimum absolute atomic E-state index is 0.236. The lowest BCUT2D eigenvalue weighted by atomic mass is 10.0. The second-order valence-corrected chi connectivity index (χ2v) is 3.89. The van der Waals surface area contributed by atoms with Gasteiger partial charge in [0.2, 0.25) is 0 Å². The standard InChI is InChI=1S/C16H15NO/c1-3-12-7-5-10-16(15(12)4-2)17-13-8-6-9-14(18)11-13/h3-11,17-18H,1-2H2. The minimum atomic E-state index is 0.236. The molecule has 0 heterocycles. The van der Waals surface area contributed by atoms with Gasteiger partial charge in [-0.25, -0.2) is 0 Å². The van der Waals surface area contributed by atoms with Crippen molar-refractivity contribution in [2.75, 3.05) is 5.32 Å². The Hall–Kier alpha value is -2.48. The van der Waals surface area contributed by atoms with E-state index in [2.05, 4.69) is 18.5 Å². The van der Waals surface area contributed by atoms with Gasteiger partial charge < -0.3 is 10.4 Å². The maximum atomic E-state index is 9.44. The number of nitrogens with one attached hydrogen (secondary N) is 1. The van der Waals surface area contributed by atoms with Crippen LogP contribution in [0.15, 0.2) is 55.6 Å². The number of hydrogen-bond donors (Lipinski definition) is 2. The lowest BCUT2D eigenvalue weighted by Crippen LogP contribution is -1.94. The van der Waals surface area contributed by atoms with Crippen molar-refractivity contribution >= 4 is 23.5 Å². The average molecular weight is 237 g/mol. The van der Waals surface area contributed by atoms with Crippen LogP contribution in [0.4, 0.5) is 11.4 Å². The zero-order valence-electron chi connectivity index (χ0n) is 10.1. The molecule has 2 rings (SSSR count). The average Bonchev–Trinajstić information content (AvgIpc) is 2.38.